The second-order valence-corrected chi connectivity index (χ2v) is 4.52. The van der Waals surface area contributed by atoms with Crippen molar-refractivity contribution in [3.05, 3.63) is 34.9 Å². The molecule has 0 amide bonds. The fraction of sp³-hybridized carbons (Fsp3) is 0.417. The summed E-state index contributed by atoms with van der Waals surface area (Å²) in [5.41, 5.74) is 1.05. The molecule has 0 bridgehead atoms. The monoisotopic (exact) mass is 240 g/mol. The van der Waals surface area contributed by atoms with E-state index >= 15 is 0 Å². The molecule has 1 N–H and O–H groups in total. The first-order valence-corrected chi connectivity index (χ1v) is 5.59. The summed E-state index contributed by atoms with van der Waals surface area (Å²) in [6.07, 6.45) is 0.746. The number of benzene rings is 1. The lowest BCUT2D eigenvalue weighted by molar-refractivity contribution is -0.139. The van der Waals surface area contributed by atoms with Gasteiger partial charge in [0.2, 0.25) is 0 Å². The summed E-state index contributed by atoms with van der Waals surface area (Å²) in [6.45, 7) is 1.04. The first-order chi connectivity index (χ1) is 7.66. The summed E-state index contributed by atoms with van der Waals surface area (Å²) in [6, 6.07) is 7.45. The molecule has 0 saturated heterocycles. The van der Waals surface area contributed by atoms with E-state index in [1.165, 1.54) is 0 Å². The summed E-state index contributed by atoms with van der Waals surface area (Å²) in [5, 5.41) is 9.41. The van der Waals surface area contributed by atoms with Crippen molar-refractivity contribution in [3.8, 4) is 0 Å². The van der Waals surface area contributed by atoms with Crippen LogP contribution in [0.1, 0.15) is 12.0 Å². The van der Waals surface area contributed by atoms with Crippen LogP contribution in [0.5, 0.6) is 0 Å². The lowest BCUT2D eigenvalue weighted by atomic mass is 10.2. The molecule has 2 rings (SSSR count). The van der Waals surface area contributed by atoms with Gasteiger partial charge in [0, 0.05) is 5.02 Å². The van der Waals surface area contributed by atoms with Gasteiger partial charge in [0.05, 0.1) is 19.1 Å². The molecule has 86 valence electrons. The van der Waals surface area contributed by atoms with E-state index in [4.69, 9.17) is 21.4 Å². The molecule has 3 nitrogen and oxygen atoms in total. The third-order valence-electron chi connectivity index (χ3n) is 2.75. The number of rotatable bonds is 5. The minimum atomic E-state index is -0.708. The second kappa shape index (κ2) is 4.85. The third kappa shape index (κ3) is 2.97. The Hall–Kier alpha value is -1.06. The van der Waals surface area contributed by atoms with Gasteiger partial charge in [-0.15, -0.1) is 0 Å². The standard InChI is InChI=1S/C12H13ClO3/c13-10-3-1-8(2-4-10)6-16-7-9-5-11(9)12(14)15/h1-4,9,11H,5-7H2,(H,14,15). The van der Waals surface area contributed by atoms with Crippen molar-refractivity contribution in [2.45, 2.75) is 13.0 Å². The van der Waals surface area contributed by atoms with Gasteiger partial charge in [0.25, 0.3) is 0 Å². The number of ether oxygens (including phenoxy) is 1. The van der Waals surface area contributed by atoms with E-state index in [-0.39, 0.29) is 11.8 Å². The van der Waals surface area contributed by atoms with E-state index < -0.39 is 5.97 Å². The summed E-state index contributed by atoms with van der Waals surface area (Å²) in [4.78, 5) is 10.6. The summed E-state index contributed by atoms with van der Waals surface area (Å²) < 4.78 is 5.46. The van der Waals surface area contributed by atoms with Gasteiger partial charge in [-0.1, -0.05) is 23.7 Å². The number of carboxylic acids is 1. The predicted molar refractivity (Wildman–Crippen MR) is 60.3 cm³/mol. The van der Waals surface area contributed by atoms with E-state index in [2.05, 4.69) is 0 Å². The van der Waals surface area contributed by atoms with Crippen molar-refractivity contribution in [3.63, 3.8) is 0 Å². The minimum Gasteiger partial charge on any atom is -0.481 e. The molecule has 1 aromatic rings. The van der Waals surface area contributed by atoms with Gasteiger partial charge in [-0.3, -0.25) is 4.79 Å². The van der Waals surface area contributed by atoms with Crippen molar-refractivity contribution >= 4 is 17.6 Å². The van der Waals surface area contributed by atoms with Crippen molar-refractivity contribution in [2.75, 3.05) is 6.61 Å². The van der Waals surface area contributed by atoms with Crippen molar-refractivity contribution in [1.29, 1.82) is 0 Å². The fourth-order valence-corrected chi connectivity index (χ4v) is 1.77. The Labute approximate surface area is 99.0 Å². The molecular formula is C12H13ClO3. The fourth-order valence-electron chi connectivity index (χ4n) is 1.64. The van der Waals surface area contributed by atoms with Crippen LogP contribution in [0.3, 0.4) is 0 Å². The van der Waals surface area contributed by atoms with Crippen LogP contribution in [-0.2, 0) is 16.1 Å². The van der Waals surface area contributed by atoms with Crippen molar-refractivity contribution < 1.29 is 14.6 Å². The van der Waals surface area contributed by atoms with Crippen LogP contribution in [0.2, 0.25) is 5.02 Å². The van der Waals surface area contributed by atoms with E-state index in [9.17, 15) is 4.79 Å². The summed E-state index contributed by atoms with van der Waals surface area (Å²) in [7, 11) is 0. The highest BCUT2D eigenvalue weighted by atomic mass is 35.5. The van der Waals surface area contributed by atoms with Gasteiger partial charge in [-0.25, -0.2) is 0 Å². The van der Waals surface area contributed by atoms with Crippen LogP contribution in [0.25, 0.3) is 0 Å². The maximum Gasteiger partial charge on any atom is 0.306 e. The quantitative estimate of drug-likeness (QED) is 0.861. The predicted octanol–water partition coefficient (Wildman–Crippen LogP) is 2.58. The smallest absolute Gasteiger partial charge is 0.306 e. The highest BCUT2D eigenvalue weighted by Crippen LogP contribution is 2.38. The Kier molecular flexibility index (Phi) is 3.46. The lowest BCUT2D eigenvalue weighted by Crippen LogP contribution is -2.04. The maximum absolute atomic E-state index is 10.6. The van der Waals surface area contributed by atoms with Crippen LogP contribution in [0, 0.1) is 11.8 Å². The van der Waals surface area contributed by atoms with Crippen LogP contribution >= 0.6 is 11.6 Å². The largest absolute Gasteiger partial charge is 0.481 e. The zero-order valence-corrected chi connectivity index (χ0v) is 9.48. The van der Waals surface area contributed by atoms with E-state index in [0.29, 0.717) is 18.2 Å². The molecule has 1 aromatic carbocycles. The first kappa shape index (κ1) is 11.4. The number of carboxylic acid groups (broad SMARTS) is 1. The third-order valence-corrected chi connectivity index (χ3v) is 3.01. The van der Waals surface area contributed by atoms with Gasteiger partial charge in [0.1, 0.15) is 0 Å². The highest BCUT2D eigenvalue weighted by molar-refractivity contribution is 6.30. The normalized spacial score (nSPS) is 23.1. The second-order valence-electron chi connectivity index (χ2n) is 4.08. The molecule has 1 aliphatic rings. The molecule has 1 saturated carbocycles. The number of halogens is 1. The molecule has 4 heteroatoms. The van der Waals surface area contributed by atoms with E-state index in [1.807, 2.05) is 24.3 Å². The Bertz CT molecular complexity index is 374. The molecule has 0 heterocycles. The van der Waals surface area contributed by atoms with Crippen LogP contribution in [0.4, 0.5) is 0 Å². The molecule has 1 aliphatic carbocycles. The van der Waals surface area contributed by atoms with Crippen molar-refractivity contribution in [2.24, 2.45) is 11.8 Å². The topological polar surface area (TPSA) is 46.5 Å². The Morgan fingerprint density at radius 1 is 1.44 bits per heavy atom. The minimum absolute atomic E-state index is 0.190. The van der Waals surface area contributed by atoms with E-state index in [1.54, 1.807) is 0 Å². The molecule has 0 aliphatic heterocycles. The van der Waals surface area contributed by atoms with Crippen LogP contribution in [0.15, 0.2) is 24.3 Å². The number of hydrogen-bond donors (Lipinski definition) is 1. The number of hydrogen-bond acceptors (Lipinski definition) is 2. The average molecular weight is 241 g/mol. The van der Waals surface area contributed by atoms with Crippen LogP contribution < -0.4 is 0 Å². The van der Waals surface area contributed by atoms with Gasteiger partial charge in [-0.2, -0.15) is 0 Å². The highest BCUT2D eigenvalue weighted by Gasteiger charge is 2.43. The molecule has 0 aromatic heterocycles. The molecule has 2 atom stereocenters. The SMILES string of the molecule is O=C(O)C1CC1COCc1ccc(Cl)cc1. The zero-order valence-electron chi connectivity index (χ0n) is 8.73. The van der Waals surface area contributed by atoms with Gasteiger partial charge in [0.15, 0.2) is 0 Å². The molecule has 2 unspecified atom stereocenters. The maximum atomic E-state index is 10.6. The average Bonchev–Trinajstić information content (AvgIpc) is 3.01. The summed E-state index contributed by atoms with van der Waals surface area (Å²) >= 11 is 5.75. The van der Waals surface area contributed by atoms with Gasteiger partial charge >= 0.3 is 5.97 Å². The Balaban J connectivity index is 1.69. The van der Waals surface area contributed by atoms with Gasteiger partial charge in [-0.05, 0) is 30.0 Å². The van der Waals surface area contributed by atoms with E-state index in [0.717, 1.165) is 12.0 Å². The molecular weight excluding hydrogens is 228 g/mol. The molecule has 1 fully saturated rings. The first-order valence-electron chi connectivity index (χ1n) is 5.22. The Morgan fingerprint density at radius 3 is 2.69 bits per heavy atom. The number of aliphatic carboxylic acids is 1. The zero-order chi connectivity index (χ0) is 11.5. The summed E-state index contributed by atoms with van der Waals surface area (Å²) in [5.74, 6) is -0.699. The molecule has 16 heavy (non-hydrogen) atoms. The van der Waals surface area contributed by atoms with Crippen molar-refractivity contribution in [1.82, 2.24) is 0 Å². The lowest BCUT2D eigenvalue weighted by Gasteiger charge is -2.03. The van der Waals surface area contributed by atoms with Crippen LogP contribution in [-0.4, -0.2) is 17.7 Å². The molecule has 0 radical (unpaired) electrons. The number of carbonyl (C=O) groups is 1. The Morgan fingerprint density at radius 2 is 2.12 bits per heavy atom. The van der Waals surface area contributed by atoms with Gasteiger partial charge < -0.3 is 9.84 Å². The molecule has 0 spiro atoms.